The fourth-order valence-corrected chi connectivity index (χ4v) is 7.92. The SMILES string of the molecule is C.C#C[C@H]1CC[C@@H](C#N)N1C(=O)CC.C#C[C@H]1CC[C@@H](C#N)N1C(=O)CNC1(C)CCN(c2cc(C)ccn2)CC1.Cc1ccnc(C2CCC(C)(N)CC2)c1.I. The number of carbonyl (C=O) groups excluding carboxylic acids is 2. The monoisotopic (exact) mass is 889 g/mol. The van der Waals surface area contributed by atoms with E-state index in [-0.39, 0.29) is 79.0 Å². The minimum absolute atomic E-state index is 0. The van der Waals surface area contributed by atoms with Gasteiger partial charge in [0.2, 0.25) is 11.8 Å². The van der Waals surface area contributed by atoms with Crippen LogP contribution in [-0.4, -0.2) is 86.5 Å². The molecule has 0 spiro atoms. The van der Waals surface area contributed by atoms with E-state index in [4.69, 9.17) is 23.8 Å². The molecular weight excluding hydrogens is 825 g/mol. The number of likely N-dealkylation sites (tertiary alicyclic amines) is 2. The average molecular weight is 890 g/mol. The lowest BCUT2D eigenvalue weighted by atomic mass is 9.77. The van der Waals surface area contributed by atoms with E-state index in [1.807, 2.05) is 18.5 Å². The third kappa shape index (κ3) is 13.4. The minimum Gasteiger partial charge on any atom is -0.356 e. The van der Waals surface area contributed by atoms with Gasteiger partial charge in [0, 0.05) is 54.6 Å². The molecule has 0 bridgehead atoms. The number of aromatic nitrogens is 2. The summed E-state index contributed by atoms with van der Waals surface area (Å²) in [7, 11) is 0. The van der Waals surface area contributed by atoms with E-state index in [1.54, 1.807) is 16.7 Å². The van der Waals surface area contributed by atoms with Crippen molar-refractivity contribution >= 4 is 41.6 Å². The molecule has 3 saturated heterocycles. The van der Waals surface area contributed by atoms with Crippen molar-refractivity contribution in [3.05, 3.63) is 53.5 Å². The second-order valence-corrected chi connectivity index (χ2v) is 16.0. The summed E-state index contributed by atoms with van der Waals surface area (Å²) in [6.45, 7) is 12.3. The first-order valence-electron chi connectivity index (χ1n) is 19.7. The highest BCUT2D eigenvalue weighted by atomic mass is 127. The molecule has 4 atom stereocenters. The Hall–Kier alpha value is -4.21. The quantitative estimate of drug-likeness (QED) is 0.236. The number of rotatable bonds is 6. The number of nitriles is 2. The summed E-state index contributed by atoms with van der Waals surface area (Å²) >= 11 is 0. The van der Waals surface area contributed by atoms with Crippen LogP contribution in [0.3, 0.4) is 0 Å². The van der Waals surface area contributed by atoms with Gasteiger partial charge in [-0.05, 0) is 127 Å². The van der Waals surface area contributed by atoms with Crippen LogP contribution in [0.4, 0.5) is 5.82 Å². The molecule has 0 radical (unpaired) electrons. The number of halogens is 1. The summed E-state index contributed by atoms with van der Waals surface area (Å²) in [4.78, 5) is 38.5. The Morgan fingerprint density at radius 2 is 1.32 bits per heavy atom. The predicted octanol–water partition coefficient (Wildman–Crippen LogP) is 6.79. The smallest absolute Gasteiger partial charge is 0.238 e. The largest absolute Gasteiger partial charge is 0.356 e. The van der Waals surface area contributed by atoms with Crippen molar-refractivity contribution in [2.75, 3.05) is 24.5 Å². The molecule has 5 heterocycles. The second kappa shape index (κ2) is 22.7. The minimum atomic E-state index is -0.401. The van der Waals surface area contributed by atoms with Crippen molar-refractivity contribution in [2.45, 2.75) is 154 Å². The highest BCUT2D eigenvalue weighted by Gasteiger charge is 2.38. The molecule has 0 unspecified atom stereocenters. The van der Waals surface area contributed by atoms with Crippen LogP contribution < -0.4 is 16.0 Å². The van der Waals surface area contributed by atoms with E-state index >= 15 is 0 Å². The van der Waals surface area contributed by atoms with Crippen LogP contribution in [0.5, 0.6) is 0 Å². The number of hydrogen-bond acceptors (Lipinski definition) is 9. The Morgan fingerprint density at radius 3 is 1.79 bits per heavy atom. The van der Waals surface area contributed by atoms with E-state index < -0.39 is 6.04 Å². The second-order valence-electron chi connectivity index (χ2n) is 16.0. The van der Waals surface area contributed by atoms with Crippen LogP contribution in [0.2, 0.25) is 0 Å². The molecule has 12 heteroatoms. The average Bonchev–Trinajstić information content (AvgIpc) is 3.81. The highest BCUT2D eigenvalue weighted by molar-refractivity contribution is 14.0. The lowest BCUT2D eigenvalue weighted by Gasteiger charge is -2.41. The third-order valence-electron chi connectivity index (χ3n) is 11.6. The highest BCUT2D eigenvalue weighted by Crippen LogP contribution is 2.36. The molecule has 0 aromatic carbocycles. The van der Waals surface area contributed by atoms with Crippen LogP contribution >= 0.6 is 24.0 Å². The first-order chi connectivity index (χ1) is 26.3. The Kier molecular flexibility index (Phi) is 19.5. The van der Waals surface area contributed by atoms with Gasteiger partial charge in [-0.3, -0.25) is 14.6 Å². The summed E-state index contributed by atoms with van der Waals surface area (Å²) in [5, 5.41) is 21.5. The van der Waals surface area contributed by atoms with Gasteiger partial charge in [-0.1, -0.05) is 26.2 Å². The topological polar surface area (TPSA) is 155 Å². The number of amides is 2. The van der Waals surface area contributed by atoms with Crippen molar-refractivity contribution in [3.63, 3.8) is 0 Å². The van der Waals surface area contributed by atoms with Crippen LogP contribution in [0.15, 0.2) is 36.7 Å². The zero-order valence-corrected chi connectivity index (χ0v) is 36.2. The van der Waals surface area contributed by atoms with Crippen LogP contribution in [-0.2, 0) is 9.59 Å². The van der Waals surface area contributed by atoms with E-state index in [1.165, 1.54) is 29.7 Å². The van der Waals surface area contributed by atoms with Gasteiger partial charge in [0.15, 0.2) is 0 Å². The number of anilines is 1. The molecule has 4 fully saturated rings. The lowest BCUT2D eigenvalue weighted by molar-refractivity contribution is -0.132. The number of nitrogens with one attached hydrogen (secondary N) is 1. The lowest BCUT2D eigenvalue weighted by Crippen LogP contribution is -2.55. The van der Waals surface area contributed by atoms with E-state index in [0.29, 0.717) is 31.6 Å². The van der Waals surface area contributed by atoms with Crippen molar-refractivity contribution in [2.24, 2.45) is 5.73 Å². The van der Waals surface area contributed by atoms with E-state index in [2.05, 4.69) is 90.1 Å². The van der Waals surface area contributed by atoms with E-state index in [9.17, 15) is 14.9 Å². The van der Waals surface area contributed by atoms with Gasteiger partial charge in [0.1, 0.15) is 17.9 Å². The normalized spacial score (nSPS) is 25.9. The number of terminal acetylenes is 2. The zero-order chi connectivity index (χ0) is 40.2. The van der Waals surface area contributed by atoms with Crippen LogP contribution in [0.1, 0.15) is 122 Å². The van der Waals surface area contributed by atoms with Crippen molar-refractivity contribution < 1.29 is 9.59 Å². The molecular formula is C45H64IN9O2. The van der Waals surface area contributed by atoms with Gasteiger partial charge in [0.25, 0.3) is 0 Å². The fourth-order valence-electron chi connectivity index (χ4n) is 7.92. The summed E-state index contributed by atoms with van der Waals surface area (Å²) in [5.74, 6) is 6.74. The Morgan fingerprint density at radius 1 is 0.825 bits per heavy atom. The molecule has 2 amide bonds. The predicted molar refractivity (Wildman–Crippen MR) is 238 cm³/mol. The fraction of sp³-hybridized carbons (Fsp3) is 0.600. The molecule has 1 aliphatic carbocycles. The van der Waals surface area contributed by atoms with Crippen molar-refractivity contribution in [1.29, 1.82) is 10.5 Å². The number of pyridine rings is 2. The molecule has 2 aromatic rings. The zero-order valence-electron chi connectivity index (χ0n) is 33.8. The summed E-state index contributed by atoms with van der Waals surface area (Å²) in [5.41, 5.74) is 9.84. The molecule has 3 aliphatic heterocycles. The Bertz CT molecular complexity index is 1740. The number of hydrogen-bond donors (Lipinski definition) is 2. The maximum atomic E-state index is 12.7. The summed E-state index contributed by atoms with van der Waals surface area (Å²) < 4.78 is 0. The molecule has 57 heavy (non-hydrogen) atoms. The Balaban J connectivity index is 0.000000318. The number of nitrogens with two attached hydrogens (primary N) is 1. The molecule has 6 rings (SSSR count). The van der Waals surface area contributed by atoms with Crippen LogP contribution in [0, 0.1) is 61.2 Å². The summed E-state index contributed by atoms with van der Waals surface area (Å²) in [6.07, 6.45) is 24.3. The van der Waals surface area contributed by atoms with Gasteiger partial charge in [0.05, 0.1) is 30.8 Å². The van der Waals surface area contributed by atoms with Crippen molar-refractivity contribution in [1.82, 2.24) is 25.1 Å². The number of nitrogens with zero attached hydrogens (tertiary/aromatic N) is 7. The summed E-state index contributed by atoms with van der Waals surface area (Å²) in [6, 6.07) is 11.5. The molecule has 4 aliphatic rings. The maximum absolute atomic E-state index is 12.7. The van der Waals surface area contributed by atoms with E-state index in [0.717, 1.165) is 51.0 Å². The number of aryl methyl sites for hydroxylation is 2. The molecule has 11 nitrogen and oxygen atoms in total. The van der Waals surface area contributed by atoms with Gasteiger partial charge in [-0.15, -0.1) is 36.8 Å². The van der Waals surface area contributed by atoms with Gasteiger partial charge < -0.3 is 25.8 Å². The number of piperidine rings is 1. The van der Waals surface area contributed by atoms with Gasteiger partial charge >= 0.3 is 0 Å². The van der Waals surface area contributed by atoms with Crippen molar-refractivity contribution in [3.8, 4) is 36.8 Å². The van der Waals surface area contributed by atoms with Crippen LogP contribution in [0.25, 0.3) is 0 Å². The molecule has 2 aromatic heterocycles. The van der Waals surface area contributed by atoms with Gasteiger partial charge in [-0.25, -0.2) is 4.98 Å². The third-order valence-corrected chi connectivity index (χ3v) is 11.6. The number of carbonyl (C=O) groups is 2. The Labute approximate surface area is 359 Å². The maximum Gasteiger partial charge on any atom is 0.238 e. The standard InChI is InChI=1S/C21H27N5O.C13H20N2.C10H12N2O.CH4.HI/c1-4-17-5-6-18(14-22)26(17)20(27)15-24-21(3)8-11-25(12-9-21)19-13-16(2)7-10-23-19;1-10-5-8-15-12(9-10)11-3-6-13(2,14)7-4-11;1-3-8-5-6-9(7-11)12(8)10(13)4-2;;/h1,7,10,13,17-18,24H,5-6,8-9,11-12,15H2,2-3H3;5,8-9,11H,3-4,6-7,14H2,1-2H3;1,8-9H,4-6H2,2H3;1H4;1H/t17-,18-;;8-,9-;;/m0.0../s1. The molecule has 3 N–H and O–H groups in total. The first kappa shape index (κ1) is 48.9. The van der Waals surface area contributed by atoms with Gasteiger partial charge in [-0.2, -0.15) is 10.5 Å². The first-order valence-corrected chi connectivity index (χ1v) is 19.7. The molecule has 308 valence electrons. The molecule has 1 saturated carbocycles.